The van der Waals surface area contributed by atoms with Gasteiger partial charge in [-0.2, -0.15) is 0 Å². The van der Waals surface area contributed by atoms with Gasteiger partial charge in [0.25, 0.3) is 0 Å². The molecule has 27 heavy (non-hydrogen) atoms. The van der Waals surface area contributed by atoms with E-state index in [1.807, 2.05) is 36.4 Å². The summed E-state index contributed by atoms with van der Waals surface area (Å²) in [6.07, 6.45) is 4.04. The van der Waals surface area contributed by atoms with Gasteiger partial charge in [-0.1, -0.05) is 30.3 Å². The predicted octanol–water partition coefficient (Wildman–Crippen LogP) is 3.81. The molecule has 1 heterocycles. The zero-order chi connectivity index (χ0) is 17.6. The Morgan fingerprint density at radius 1 is 1.11 bits per heavy atom. The van der Waals surface area contributed by atoms with Crippen LogP contribution in [0.1, 0.15) is 15.9 Å². The molecule has 1 aromatic heterocycles. The highest BCUT2D eigenvalue weighted by atomic mass is 35.5. The summed E-state index contributed by atoms with van der Waals surface area (Å²) in [6.45, 7) is 0.301. The third-order valence-corrected chi connectivity index (χ3v) is 3.97. The van der Waals surface area contributed by atoms with Gasteiger partial charge >= 0.3 is 5.97 Å². The lowest BCUT2D eigenvalue weighted by molar-refractivity contribution is 0.0598. The first-order valence-corrected chi connectivity index (χ1v) is 8.06. The minimum Gasteiger partial charge on any atom is -0.491 e. The Morgan fingerprint density at radius 2 is 1.85 bits per heavy atom. The van der Waals surface area contributed by atoms with Crippen molar-refractivity contribution in [1.82, 2.24) is 4.98 Å². The Hall–Kier alpha value is -2.34. The maximum Gasteiger partial charge on any atom is 0.342 e. The number of carbonyl (C=O) groups is 1. The molecule has 0 fully saturated rings. The zero-order valence-electron chi connectivity index (χ0n) is 14.8. The number of nitrogens with zero attached hydrogens (tertiary/aromatic N) is 1. The van der Waals surface area contributed by atoms with E-state index >= 15 is 0 Å². The van der Waals surface area contributed by atoms with E-state index in [0.717, 1.165) is 16.3 Å². The van der Waals surface area contributed by atoms with Crippen LogP contribution >= 0.6 is 24.8 Å². The van der Waals surface area contributed by atoms with Gasteiger partial charge in [0.1, 0.15) is 17.9 Å². The molecule has 0 saturated carbocycles. The van der Waals surface area contributed by atoms with Crippen LogP contribution in [0.25, 0.3) is 10.8 Å². The number of benzene rings is 2. The molecule has 7 heteroatoms. The van der Waals surface area contributed by atoms with Gasteiger partial charge < -0.3 is 15.2 Å². The van der Waals surface area contributed by atoms with Gasteiger partial charge in [-0.3, -0.25) is 4.98 Å². The predicted molar refractivity (Wildman–Crippen MR) is 111 cm³/mol. The molecule has 0 aliphatic heterocycles. The van der Waals surface area contributed by atoms with E-state index in [1.54, 1.807) is 24.5 Å². The summed E-state index contributed by atoms with van der Waals surface area (Å²) < 4.78 is 10.8. The first kappa shape index (κ1) is 22.7. The van der Waals surface area contributed by atoms with Crippen LogP contribution in [0, 0.1) is 0 Å². The second-order valence-corrected chi connectivity index (χ2v) is 5.79. The molecule has 0 saturated heterocycles. The molecule has 0 amide bonds. The lowest BCUT2D eigenvalue weighted by Gasteiger charge is -2.16. The van der Waals surface area contributed by atoms with E-state index < -0.39 is 5.97 Å². The monoisotopic (exact) mass is 408 g/mol. The maximum absolute atomic E-state index is 12.2. The molecule has 0 aliphatic rings. The first-order chi connectivity index (χ1) is 12.2. The fraction of sp³-hybridized carbons (Fsp3) is 0.200. The fourth-order valence-corrected chi connectivity index (χ4v) is 2.75. The van der Waals surface area contributed by atoms with Crippen molar-refractivity contribution in [2.45, 2.75) is 12.5 Å². The van der Waals surface area contributed by atoms with Gasteiger partial charge in [-0.25, -0.2) is 4.79 Å². The topological polar surface area (TPSA) is 74.4 Å². The highest BCUT2D eigenvalue weighted by molar-refractivity contribution is 6.06. The van der Waals surface area contributed by atoms with Crippen LogP contribution in [-0.4, -0.2) is 30.7 Å². The van der Waals surface area contributed by atoms with E-state index in [-0.39, 0.29) is 30.9 Å². The molecule has 0 unspecified atom stereocenters. The molecule has 0 radical (unpaired) electrons. The number of hydrogen-bond acceptors (Lipinski definition) is 5. The van der Waals surface area contributed by atoms with Gasteiger partial charge in [0, 0.05) is 29.2 Å². The lowest BCUT2D eigenvalue weighted by atomic mass is 10.1. The average Bonchev–Trinajstić information content (AvgIpc) is 2.66. The Bertz CT molecular complexity index is 875. The smallest absolute Gasteiger partial charge is 0.342 e. The van der Waals surface area contributed by atoms with Crippen LogP contribution in [0.2, 0.25) is 0 Å². The molecule has 3 rings (SSSR count). The van der Waals surface area contributed by atoms with Gasteiger partial charge in [0.2, 0.25) is 0 Å². The van der Waals surface area contributed by atoms with E-state index in [1.165, 1.54) is 7.11 Å². The number of carbonyl (C=O) groups excluding carboxylic acids is 1. The van der Waals surface area contributed by atoms with Gasteiger partial charge in [-0.05, 0) is 30.2 Å². The van der Waals surface area contributed by atoms with Crippen LogP contribution in [0.4, 0.5) is 0 Å². The first-order valence-electron chi connectivity index (χ1n) is 8.06. The van der Waals surface area contributed by atoms with Crippen molar-refractivity contribution in [3.8, 4) is 5.75 Å². The number of ether oxygens (including phenoxy) is 2. The summed E-state index contributed by atoms with van der Waals surface area (Å²) in [5, 5.41) is 1.60. The zero-order valence-corrected chi connectivity index (χ0v) is 16.5. The van der Waals surface area contributed by atoms with Crippen molar-refractivity contribution in [2.75, 3.05) is 13.7 Å². The molecular formula is C20H22Cl2N2O3. The van der Waals surface area contributed by atoms with Crippen molar-refractivity contribution in [3.63, 3.8) is 0 Å². The minimum absolute atomic E-state index is 0. The number of nitrogens with two attached hydrogens (primary N) is 1. The maximum atomic E-state index is 12.2. The van der Waals surface area contributed by atoms with E-state index in [9.17, 15) is 4.79 Å². The van der Waals surface area contributed by atoms with Crippen molar-refractivity contribution in [2.24, 2.45) is 5.73 Å². The molecule has 0 spiro atoms. The summed E-state index contributed by atoms with van der Waals surface area (Å²) in [5.41, 5.74) is 7.72. The molecule has 2 N–H and O–H groups in total. The Balaban J connectivity index is 0.00000182. The second-order valence-electron chi connectivity index (χ2n) is 5.79. The van der Waals surface area contributed by atoms with E-state index in [0.29, 0.717) is 24.3 Å². The van der Waals surface area contributed by atoms with Crippen LogP contribution in [0.3, 0.4) is 0 Å². The quantitative estimate of drug-likeness (QED) is 0.627. The molecule has 0 aliphatic carbocycles. The molecule has 144 valence electrons. The van der Waals surface area contributed by atoms with Crippen molar-refractivity contribution in [1.29, 1.82) is 0 Å². The Morgan fingerprint density at radius 3 is 2.56 bits per heavy atom. The summed E-state index contributed by atoms with van der Waals surface area (Å²) in [6, 6.07) is 15.2. The number of esters is 1. The van der Waals surface area contributed by atoms with Crippen LogP contribution in [0.15, 0.2) is 60.9 Å². The molecule has 3 aromatic rings. The molecule has 2 aromatic carbocycles. The highest BCUT2D eigenvalue weighted by Crippen LogP contribution is 2.28. The largest absolute Gasteiger partial charge is 0.491 e. The number of pyridine rings is 1. The van der Waals surface area contributed by atoms with E-state index in [4.69, 9.17) is 15.2 Å². The highest BCUT2D eigenvalue weighted by Gasteiger charge is 2.18. The van der Waals surface area contributed by atoms with Gasteiger partial charge in [0.05, 0.1) is 7.11 Å². The van der Waals surface area contributed by atoms with Crippen molar-refractivity contribution < 1.29 is 14.3 Å². The van der Waals surface area contributed by atoms with Crippen LogP contribution in [-0.2, 0) is 11.2 Å². The normalized spacial score (nSPS) is 11.0. The fourth-order valence-electron chi connectivity index (χ4n) is 2.75. The molecular weight excluding hydrogens is 387 g/mol. The van der Waals surface area contributed by atoms with Gasteiger partial charge in [-0.15, -0.1) is 24.8 Å². The summed E-state index contributed by atoms with van der Waals surface area (Å²) >= 11 is 0. The second kappa shape index (κ2) is 10.7. The van der Waals surface area contributed by atoms with Gasteiger partial charge in [0.15, 0.2) is 0 Å². The van der Waals surface area contributed by atoms with E-state index in [2.05, 4.69) is 4.98 Å². The number of aromatic nitrogens is 1. The number of halogens is 2. The molecule has 1 atom stereocenters. The number of hydrogen-bond donors (Lipinski definition) is 1. The lowest BCUT2D eigenvalue weighted by Crippen LogP contribution is -2.30. The Kier molecular flexibility index (Phi) is 9.02. The molecule has 0 bridgehead atoms. The minimum atomic E-state index is -0.441. The third kappa shape index (κ3) is 5.57. The van der Waals surface area contributed by atoms with Crippen LogP contribution < -0.4 is 10.5 Å². The van der Waals surface area contributed by atoms with Crippen LogP contribution in [0.5, 0.6) is 5.75 Å². The number of fused-ring (bicyclic) bond motifs is 1. The third-order valence-electron chi connectivity index (χ3n) is 3.97. The average molecular weight is 409 g/mol. The molecule has 5 nitrogen and oxygen atoms in total. The van der Waals surface area contributed by atoms with Crippen molar-refractivity contribution in [3.05, 3.63) is 72.1 Å². The standard InChI is InChI=1S/C20H20N2O3.2ClH/c1-24-20(23)19-17-9-10-22-12-15(17)7-8-18(19)25-13-16(21)11-14-5-3-2-4-6-14;;/h2-10,12,16H,11,13,21H2,1H3;2*1H/t16-;;/m1../s1. The number of rotatable bonds is 6. The summed E-state index contributed by atoms with van der Waals surface area (Å²) in [7, 11) is 1.35. The number of methoxy groups -OCH3 is 1. The van der Waals surface area contributed by atoms with Crippen molar-refractivity contribution >= 4 is 41.6 Å². The summed E-state index contributed by atoms with van der Waals surface area (Å²) in [5.74, 6) is 0.0255. The summed E-state index contributed by atoms with van der Waals surface area (Å²) in [4.78, 5) is 16.3. The SMILES string of the molecule is COC(=O)c1c(OC[C@H](N)Cc2ccccc2)ccc2cnccc12.Cl.Cl. The Labute approximate surface area is 170 Å².